The van der Waals surface area contributed by atoms with Crippen LogP contribution < -0.4 is 0 Å². The maximum atomic E-state index is 2.52. The third kappa shape index (κ3) is 0.627. The van der Waals surface area contributed by atoms with Crippen LogP contribution in [0, 0.1) is 29.6 Å². The molecule has 1 radical (unpaired) electrons. The van der Waals surface area contributed by atoms with Crippen LogP contribution in [0.1, 0.15) is 33.6 Å². The maximum absolute atomic E-state index is 2.52. The van der Waals surface area contributed by atoms with E-state index in [1.807, 2.05) is 0 Å². The van der Waals surface area contributed by atoms with Crippen LogP contribution in [0.4, 0.5) is 0 Å². The van der Waals surface area contributed by atoms with Gasteiger partial charge in [0.1, 0.15) is 0 Å². The van der Waals surface area contributed by atoms with Crippen molar-refractivity contribution in [3.05, 3.63) is 6.42 Å². The molecule has 0 aromatic heterocycles. The SMILES string of the molecule is CC1[CH]CC2CC1C2(C)C. The minimum Gasteiger partial charge on any atom is -0.0619 e. The van der Waals surface area contributed by atoms with E-state index < -0.39 is 0 Å². The Bertz CT molecular complexity index is 144. The quantitative estimate of drug-likeness (QED) is 0.481. The molecule has 0 saturated heterocycles. The Hall–Kier alpha value is 0. The van der Waals surface area contributed by atoms with Gasteiger partial charge in [0.2, 0.25) is 0 Å². The smallest absolute Gasteiger partial charge is 0.0295 e. The summed E-state index contributed by atoms with van der Waals surface area (Å²) in [5, 5.41) is 0. The van der Waals surface area contributed by atoms with Crippen molar-refractivity contribution >= 4 is 0 Å². The summed E-state index contributed by atoms with van der Waals surface area (Å²) in [7, 11) is 0. The zero-order chi connectivity index (χ0) is 7.35. The average molecular weight is 137 g/mol. The first-order valence-corrected chi connectivity index (χ1v) is 4.45. The Morgan fingerprint density at radius 1 is 1.40 bits per heavy atom. The van der Waals surface area contributed by atoms with Gasteiger partial charge in [-0.2, -0.15) is 0 Å². The molecule has 3 aliphatic rings. The van der Waals surface area contributed by atoms with E-state index in [-0.39, 0.29) is 0 Å². The van der Waals surface area contributed by atoms with Crippen LogP contribution in [0.2, 0.25) is 0 Å². The number of hydrogen-bond donors (Lipinski definition) is 0. The van der Waals surface area contributed by atoms with Crippen molar-refractivity contribution in [2.24, 2.45) is 23.2 Å². The first kappa shape index (κ1) is 6.69. The van der Waals surface area contributed by atoms with E-state index in [4.69, 9.17) is 0 Å². The molecule has 0 heterocycles. The molecular weight excluding hydrogens is 120 g/mol. The van der Waals surface area contributed by atoms with Gasteiger partial charge in [-0.3, -0.25) is 0 Å². The van der Waals surface area contributed by atoms with Crippen LogP contribution in [0.15, 0.2) is 0 Å². The fourth-order valence-electron chi connectivity index (χ4n) is 2.89. The van der Waals surface area contributed by atoms with Crippen LogP contribution in [0.3, 0.4) is 0 Å². The van der Waals surface area contributed by atoms with Gasteiger partial charge in [-0.05, 0) is 42.4 Å². The number of fused-ring (bicyclic) bond motifs is 2. The maximum Gasteiger partial charge on any atom is -0.0295 e. The second-order valence-electron chi connectivity index (χ2n) is 4.69. The highest BCUT2D eigenvalue weighted by Gasteiger charge is 2.52. The molecule has 57 valence electrons. The standard InChI is InChI=1S/C10H17/c1-7-4-5-8-6-9(7)10(8,2)3/h4,7-9H,5-6H2,1-3H3. The van der Waals surface area contributed by atoms with E-state index in [9.17, 15) is 0 Å². The Morgan fingerprint density at radius 3 is 2.40 bits per heavy atom. The Labute approximate surface area is 64.0 Å². The summed E-state index contributed by atoms with van der Waals surface area (Å²) in [4.78, 5) is 0. The molecule has 3 aliphatic carbocycles. The molecule has 0 aliphatic heterocycles. The van der Waals surface area contributed by atoms with Gasteiger partial charge in [0.25, 0.3) is 0 Å². The highest BCUT2D eigenvalue weighted by molar-refractivity contribution is 5.07. The highest BCUT2D eigenvalue weighted by Crippen LogP contribution is 2.60. The molecule has 0 aromatic carbocycles. The summed E-state index contributed by atoms with van der Waals surface area (Å²) in [6.45, 7) is 7.26. The topological polar surface area (TPSA) is 0 Å². The van der Waals surface area contributed by atoms with Gasteiger partial charge < -0.3 is 0 Å². The summed E-state index contributed by atoms with van der Waals surface area (Å²) in [5.41, 5.74) is 0.675. The van der Waals surface area contributed by atoms with Crippen molar-refractivity contribution in [3.8, 4) is 0 Å². The lowest BCUT2D eigenvalue weighted by molar-refractivity contribution is -0.0750. The summed E-state index contributed by atoms with van der Waals surface area (Å²) in [6, 6.07) is 0. The summed E-state index contributed by atoms with van der Waals surface area (Å²) in [5.74, 6) is 2.92. The Balaban J connectivity index is 2.16. The van der Waals surface area contributed by atoms with E-state index >= 15 is 0 Å². The summed E-state index contributed by atoms with van der Waals surface area (Å²) in [6.07, 6.45) is 5.40. The van der Waals surface area contributed by atoms with Gasteiger partial charge >= 0.3 is 0 Å². The molecule has 3 rings (SSSR count). The normalized spacial score (nSPS) is 50.1. The zero-order valence-electron chi connectivity index (χ0n) is 7.22. The van der Waals surface area contributed by atoms with Crippen LogP contribution in [-0.2, 0) is 0 Å². The summed E-state index contributed by atoms with van der Waals surface area (Å²) >= 11 is 0. The van der Waals surface area contributed by atoms with Crippen LogP contribution in [-0.4, -0.2) is 0 Å². The molecule has 3 unspecified atom stereocenters. The number of rotatable bonds is 0. The van der Waals surface area contributed by atoms with E-state index in [1.165, 1.54) is 12.8 Å². The zero-order valence-corrected chi connectivity index (χ0v) is 7.22. The molecule has 0 spiro atoms. The van der Waals surface area contributed by atoms with Gasteiger partial charge in [0.05, 0.1) is 0 Å². The second kappa shape index (κ2) is 1.78. The predicted molar refractivity (Wildman–Crippen MR) is 43.5 cm³/mol. The Morgan fingerprint density at radius 2 is 2.10 bits per heavy atom. The second-order valence-corrected chi connectivity index (χ2v) is 4.69. The molecule has 0 aromatic rings. The van der Waals surface area contributed by atoms with Crippen molar-refractivity contribution in [2.75, 3.05) is 0 Å². The molecule has 0 N–H and O–H groups in total. The van der Waals surface area contributed by atoms with Crippen molar-refractivity contribution in [2.45, 2.75) is 33.6 Å². The Kier molecular flexibility index (Phi) is 1.19. The molecular formula is C10H17. The average Bonchev–Trinajstić information content (AvgIpc) is 1.87. The van der Waals surface area contributed by atoms with Gasteiger partial charge in [-0.1, -0.05) is 20.8 Å². The van der Waals surface area contributed by atoms with E-state index in [0.29, 0.717) is 5.41 Å². The number of hydrogen-bond acceptors (Lipinski definition) is 0. The van der Waals surface area contributed by atoms with Gasteiger partial charge in [0, 0.05) is 0 Å². The fourth-order valence-corrected chi connectivity index (χ4v) is 2.89. The third-order valence-electron chi connectivity index (χ3n) is 3.97. The van der Waals surface area contributed by atoms with Crippen molar-refractivity contribution in [1.29, 1.82) is 0 Å². The lowest BCUT2D eigenvalue weighted by Gasteiger charge is -2.59. The minimum absolute atomic E-state index is 0.675. The largest absolute Gasteiger partial charge is 0.0619 e. The van der Waals surface area contributed by atoms with E-state index in [0.717, 1.165) is 17.8 Å². The predicted octanol–water partition coefficient (Wildman–Crippen LogP) is 2.89. The highest BCUT2D eigenvalue weighted by atomic mass is 14.6. The molecule has 0 amide bonds. The molecule has 3 fully saturated rings. The third-order valence-corrected chi connectivity index (χ3v) is 3.97. The lowest BCUT2D eigenvalue weighted by atomic mass is 9.46. The lowest BCUT2D eigenvalue weighted by Crippen LogP contribution is -2.51. The molecule has 2 bridgehead atoms. The van der Waals surface area contributed by atoms with Gasteiger partial charge in [-0.15, -0.1) is 0 Å². The van der Waals surface area contributed by atoms with Gasteiger partial charge in [-0.25, -0.2) is 0 Å². The van der Waals surface area contributed by atoms with Crippen LogP contribution >= 0.6 is 0 Å². The van der Waals surface area contributed by atoms with Crippen molar-refractivity contribution < 1.29 is 0 Å². The molecule has 10 heavy (non-hydrogen) atoms. The van der Waals surface area contributed by atoms with Crippen molar-refractivity contribution in [1.82, 2.24) is 0 Å². The van der Waals surface area contributed by atoms with E-state index in [2.05, 4.69) is 27.2 Å². The first-order chi connectivity index (χ1) is 4.62. The van der Waals surface area contributed by atoms with Crippen LogP contribution in [0.25, 0.3) is 0 Å². The molecule has 0 heteroatoms. The monoisotopic (exact) mass is 137 g/mol. The van der Waals surface area contributed by atoms with Crippen molar-refractivity contribution in [3.63, 3.8) is 0 Å². The first-order valence-electron chi connectivity index (χ1n) is 4.45. The van der Waals surface area contributed by atoms with Crippen LogP contribution in [0.5, 0.6) is 0 Å². The minimum atomic E-state index is 0.675. The summed E-state index contributed by atoms with van der Waals surface area (Å²) < 4.78 is 0. The van der Waals surface area contributed by atoms with E-state index in [1.54, 1.807) is 0 Å². The fraction of sp³-hybridized carbons (Fsp3) is 0.900. The molecule has 3 atom stereocenters. The van der Waals surface area contributed by atoms with Gasteiger partial charge in [0.15, 0.2) is 0 Å². The molecule has 3 saturated carbocycles. The molecule has 0 nitrogen and oxygen atoms in total.